The van der Waals surface area contributed by atoms with Crippen LogP contribution in [0.5, 0.6) is 0 Å². The fraction of sp³-hybridized carbons (Fsp3) is 0.417. The van der Waals surface area contributed by atoms with Crippen molar-refractivity contribution in [1.29, 1.82) is 0 Å². The average Bonchev–Trinajstić information content (AvgIpc) is 2.76. The maximum Gasteiger partial charge on any atom is 0.260 e. The first kappa shape index (κ1) is 16.8. The summed E-state index contributed by atoms with van der Waals surface area (Å²) in [5, 5.41) is 0. The van der Waals surface area contributed by atoms with Crippen LogP contribution in [0.4, 0.5) is 4.39 Å². The molecule has 0 saturated carbocycles. The number of nitrogens with one attached hydrogen (secondary N) is 2. The van der Waals surface area contributed by atoms with Gasteiger partial charge in [0.05, 0.1) is 11.5 Å². The second kappa shape index (κ2) is 6.31. The van der Waals surface area contributed by atoms with Crippen LogP contribution in [-0.2, 0) is 24.7 Å². The molecule has 1 aromatic rings. The fourth-order valence-corrected chi connectivity index (χ4v) is 4.99. The number of hydrazine groups is 1. The van der Waals surface area contributed by atoms with E-state index in [1.807, 2.05) is 5.43 Å². The molecule has 1 fully saturated rings. The summed E-state index contributed by atoms with van der Waals surface area (Å²) in [5.74, 6) is -1.98. The third kappa shape index (κ3) is 4.24. The topological polar surface area (TPSA) is 109 Å². The van der Waals surface area contributed by atoms with Crippen molar-refractivity contribution in [3.8, 4) is 0 Å². The Morgan fingerprint density at radius 1 is 1.32 bits per heavy atom. The number of halogens is 1. The van der Waals surface area contributed by atoms with Crippen LogP contribution >= 0.6 is 0 Å². The predicted molar refractivity (Wildman–Crippen MR) is 76.2 cm³/mol. The lowest BCUT2D eigenvalue weighted by atomic mass is 10.1. The minimum absolute atomic E-state index is 0.0336. The van der Waals surface area contributed by atoms with Gasteiger partial charge >= 0.3 is 0 Å². The van der Waals surface area contributed by atoms with Gasteiger partial charge in [-0.1, -0.05) is 12.1 Å². The third-order valence-corrected chi connectivity index (χ3v) is 6.37. The Bertz CT molecular complexity index is 776. The van der Waals surface area contributed by atoms with Gasteiger partial charge in [0.2, 0.25) is 5.91 Å². The summed E-state index contributed by atoms with van der Waals surface area (Å²) in [6.45, 7) is 0. The molecule has 1 aliphatic rings. The highest BCUT2D eigenvalue weighted by Gasteiger charge is 2.29. The van der Waals surface area contributed by atoms with Gasteiger partial charge in [0.15, 0.2) is 9.84 Å². The molecule has 10 heteroatoms. The van der Waals surface area contributed by atoms with Crippen molar-refractivity contribution >= 4 is 25.8 Å². The van der Waals surface area contributed by atoms with Crippen LogP contribution in [-0.4, -0.2) is 34.2 Å². The van der Waals surface area contributed by atoms with Crippen molar-refractivity contribution in [2.75, 3.05) is 11.5 Å². The van der Waals surface area contributed by atoms with E-state index in [0.717, 1.165) is 12.1 Å². The Labute approximate surface area is 127 Å². The third-order valence-electron chi connectivity index (χ3n) is 3.25. The Kier molecular flexibility index (Phi) is 4.83. The molecule has 0 aromatic heterocycles. The van der Waals surface area contributed by atoms with E-state index in [0.29, 0.717) is 6.42 Å². The van der Waals surface area contributed by atoms with E-state index < -0.39 is 36.5 Å². The van der Waals surface area contributed by atoms with Gasteiger partial charge in [-0.05, 0) is 24.5 Å². The Hall–Kier alpha value is -1.52. The summed E-state index contributed by atoms with van der Waals surface area (Å²) in [4.78, 5) is 12.9. The molecule has 1 atom stereocenters. The number of benzene rings is 1. The number of carbonyl (C=O) groups excluding carboxylic acids is 1. The Morgan fingerprint density at radius 2 is 2.00 bits per heavy atom. The predicted octanol–water partition coefficient (Wildman–Crippen LogP) is -0.0400. The molecule has 7 nitrogen and oxygen atoms in total. The molecule has 0 bridgehead atoms. The Balaban J connectivity index is 1.92. The number of hydrogen-bond acceptors (Lipinski definition) is 5. The maximum absolute atomic E-state index is 13.4. The average molecular weight is 350 g/mol. The van der Waals surface area contributed by atoms with Crippen molar-refractivity contribution in [2.24, 2.45) is 5.92 Å². The van der Waals surface area contributed by atoms with Gasteiger partial charge < -0.3 is 0 Å². The molecule has 0 unspecified atom stereocenters. The summed E-state index contributed by atoms with van der Waals surface area (Å²) < 4.78 is 59.7. The number of rotatable bonds is 5. The monoisotopic (exact) mass is 350 g/mol. The highest BCUT2D eigenvalue weighted by molar-refractivity contribution is 7.91. The van der Waals surface area contributed by atoms with Crippen LogP contribution < -0.4 is 10.3 Å². The lowest BCUT2D eigenvalue weighted by Gasteiger charge is -2.11. The van der Waals surface area contributed by atoms with Gasteiger partial charge in [0, 0.05) is 6.42 Å². The standard InChI is InChI=1S/C12H15FN2O5S2/c13-10-3-1-2-4-11(10)22(19,20)15-14-12(16)7-9-5-6-21(17,18)8-9/h1-4,9,15H,5-8H2,(H,14,16)/t9-/m1/s1. The summed E-state index contributed by atoms with van der Waals surface area (Å²) in [7, 11) is -7.32. The lowest BCUT2D eigenvalue weighted by Crippen LogP contribution is -2.42. The highest BCUT2D eigenvalue weighted by atomic mass is 32.2. The normalized spacial score (nSPS) is 20.7. The van der Waals surface area contributed by atoms with Gasteiger partial charge in [0.1, 0.15) is 10.7 Å². The van der Waals surface area contributed by atoms with Gasteiger partial charge in [-0.25, -0.2) is 21.2 Å². The van der Waals surface area contributed by atoms with E-state index in [-0.39, 0.29) is 23.8 Å². The first-order valence-electron chi connectivity index (χ1n) is 6.45. The van der Waals surface area contributed by atoms with Crippen molar-refractivity contribution in [3.05, 3.63) is 30.1 Å². The molecule has 1 heterocycles. The molecule has 2 N–H and O–H groups in total. The maximum atomic E-state index is 13.4. The summed E-state index contributed by atoms with van der Waals surface area (Å²) in [6.07, 6.45) is 0.259. The van der Waals surface area contributed by atoms with E-state index in [9.17, 15) is 26.0 Å². The molecule has 0 aliphatic carbocycles. The minimum Gasteiger partial charge on any atom is -0.278 e. The van der Waals surface area contributed by atoms with Gasteiger partial charge in [0.25, 0.3) is 10.0 Å². The molecule has 122 valence electrons. The smallest absolute Gasteiger partial charge is 0.260 e. The molecular formula is C12H15FN2O5S2. The zero-order valence-electron chi connectivity index (χ0n) is 11.5. The van der Waals surface area contributed by atoms with E-state index >= 15 is 0 Å². The van der Waals surface area contributed by atoms with Crippen molar-refractivity contribution in [1.82, 2.24) is 10.3 Å². The fourth-order valence-electron chi connectivity index (χ4n) is 2.19. The zero-order valence-corrected chi connectivity index (χ0v) is 13.1. The quantitative estimate of drug-likeness (QED) is 0.724. The number of hydrogen-bond donors (Lipinski definition) is 2. The van der Waals surface area contributed by atoms with Crippen LogP contribution in [0.25, 0.3) is 0 Å². The van der Waals surface area contributed by atoms with E-state index in [2.05, 4.69) is 0 Å². The lowest BCUT2D eigenvalue weighted by molar-refractivity contribution is -0.122. The molecule has 1 aromatic carbocycles. The van der Waals surface area contributed by atoms with Crippen molar-refractivity contribution in [2.45, 2.75) is 17.7 Å². The highest BCUT2D eigenvalue weighted by Crippen LogP contribution is 2.21. The molecule has 22 heavy (non-hydrogen) atoms. The summed E-state index contributed by atoms with van der Waals surface area (Å²) >= 11 is 0. The van der Waals surface area contributed by atoms with Gasteiger partial charge in [-0.3, -0.25) is 10.2 Å². The number of carbonyl (C=O) groups is 1. The largest absolute Gasteiger partial charge is 0.278 e. The zero-order chi connectivity index (χ0) is 16.4. The van der Waals surface area contributed by atoms with E-state index in [4.69, 9.17) is 0 Å². The van der Waals surface area contributed by atoms with Gasteiger partial charge in [-0.15, -0.1) is 4.83 Å². The van der Waals surface area contributed by atoms with Crippen LogP contribution in [0.2, 0.25) is 0 Å². The van der Waals surface area contributed by atoms with Crippen molar-refractivity contribution < 1.29 is 26.0 Å². The molecule has 1 saturated heterocycles. The van der Waals surface area contributed by atoms with Crippen LogP contribution in [0, 0.1) is 11.7 Å². The first-order valence-corrected chi connectivity index (χ1v) is 9.76. The molecule has 0 radical (unpaired) electrons. The number of sulfone groups is 1. The van der Waals surface area contributed by atoms with Crippen LogP contribution in [0.1, 0.15) is 12.8 Å². The van der Waals surface area contributed by atoms with E-state index in [1.54, 1.807) is 4.83 Å². The van der Waals surface area contributed by atoms with E-state index in [1.165, 1.54) is 12.1 Å². The van der Waals surface area contributed by atoms with Gasteiger partial charge in [-0.2, -0.15) is 0 Å². The molecule has 2 rings (SSSR count). The summed E-state index contributed by atoms with van der Waals surface area (Å²) in [5.41, 5.74) is 1.96. The minimum atomic E-state index is -4.22. The molecule has 1 amide bonds. The number of amides is 1. The van der Waals surface area contributed by atoms with Crippen molar-refractivity contribution in [3.63, 3.8) is 0 Å². The second-order valence-corrected chi connectivity index (χ2v) is 8.94. The molecule has 1 aliphatic heterocycles. The van der Waals surface area contributed by atoms with Crippen LogP contribution in [0.3, 0.4) is 0 Å². The first-order chi connectivity index (χ1) is 10.2. The summed E-state index contributed by atoms with van der Waals surface area (Å²) in [6, 6.07) is 4.74. The molecular weight excluding hydrogens is 335 g/mol. The SMILES string of the molecule is O=C(C[C@H]1CCS(=O)(=O)C1)NNS(=O)(=O)c1ccccc1F. The number of sulfonamides is 1. The Morgan fingerprint density at radius 3 is 2.59 bits per heavy atom. The second-order valence-electron chi connectivity index (χ2n) is 5.06. The molecule has 0 spiro atoms. The van der Waals surface area contributed by atoms with Crippen LogP contribution in [0.15, 0.2) is 29.2 Å².